The van der Waals surface area contributed by atoms with Crippen LogP contribution in [0.2, 0.25) is 10.0 Å². The number of hydrogen-bond acceptors (Lipinski definition) is 2. The molecule has 1 N–H and O–H groups in total. The third-order valence-electron chi connectivity index (χ3n) is 3.97. The molecule has 1 saturated carbocycles. The normalized spacial score (nSPS) is 19.6. The van der Waals surface area contributed by atoms with Crippen molar-refractivity contribution in [2.45, 2.75) is 44.2 Å². The second kappa shape index (κ2) is 6.45. The second-order valence-electron chi connectivity index (χ2n) is 5.09. The van der Waals surface area contributed by atoms with E-state index in [9.17, 15) is 0 Å². The number of benzene rings is 1. The van der Waals surface area contributed by atoms with Crippen LogP contribution in [0, 0.1) is 0 Å². The summed E-state index contributed by atoms with van der Waals surface area (Å²) in [6.45, 7) is 2.77. The van der Waals surface area contributed by atoms with Crippen molar-refractivity contribution in [3.05, 3.63) is 33.8 Å². The Bertz CT molecular complexity index is 430. The predicted molar refractivity (Wildman–Crippen MR) is 81.1 cm³/mol. The molecule has 0 aliphatic heterocycles. The third-order valence-corrected chi connectivity index (χ3v) is 4.54. The molecule has 106 valence electrons. The molecule has 0 heterocycles. The average molecular weight is 302 g/mol. The molecule has 4 heteroatoms. The molecule has 0 bridgehead atoms. The van der Waals surface area contributed by atoms with Crippen molar-refractivity contribution in [3.8, 4) is 0 Å². The lowest BCUT2D eigenvalue weighted by molar-refractivity contribution is -0.0610. The SMILES string of the molecule is CCOC1(C(NC)c2cc(Cl)ccc2Cl)CCCC1. The number of ether oxygens (including phenoxy) is 1. The van der Waals surface area contributed by atoms with Crippen molar-refractivity contribution >= 4 is 23.2 Å². The fraction of sp³-hybridized carbons (Fsp3) is 0.600. The number of halogens is 2. The minimum absolute atomic E-state index is 0.0844. The monoisotopic (exact) mass is 301 g/mol. The number of likely N-dealkylation sites (N-methyl/N-ethyl adjacent to an activating group) is 1. The van der Waals surface area contributed by atoms with E-state index >= 15 is 0 Å². The van der Waals surface area contributed by atoms with E-state index < -0.39 is 0 Å². The van der Waals surface area contributed by atoms with Gasteiger partial charge in [0.2, 0.25) is 0 Å². The summed E-state index contributed by atoms with van der Waals surface area (Å²) in [5, 5.41) is 4.84. The van der Waals surface area contributed by atoms with Gasteiger partial charge in [-0.25, -0.2) is 0 Å². The van der Waals surface area contributed by atoms with Gasteiger partial charge in [-0.15, -0.1) is 0 Å². The molecule has 2 rings (SSSR count). The molecular formula is C15H21Cl2NO. The zero-order chi connectivity index (χ0) is 13.9. The highest BCUT2D eigenvalue weighted by molar-refractivity contribution is 6.33. The van der Waals surface area contributed by atoms with Crippen LogP contribution in [-0.2, 0) is 4.74 Å². The van der Waals surface area contributed by atoms with Gasteiger partial charge in [0.25, 0.3) is 0 Å². The minimum atomic E-state index is -0.155. The van der Waals surface area contributed by atoms with Crippen LogP contribution in [-0.4, -0.2) is 19.3 Å². The quantitative estimate of drug-likeness (QED) is 0.858. The van der Waals surface area contributed by atoms with Crippen molar-refractivity contribution in [1.29, 1.82) is 0 Å². The predicted octanol–water partition coefficient (Wildman–Crippen LogP) is 4.60. The van der Waals surface area contributed by atoms with Gasteiger partial charge in [0.1, 0.15) is 0 Å². The largest absolute Gasteiger partial charge is 0.373 e. The minimum Gasteiger partial charge on any atom is -0.373 e. The van der Waals surface area contributed by atoms with Crippen molar-refractivity contribution < 1.29 is 4.74 Å². The van der Waals surface area contributed by atoms with Crippen molar-refractivity contribution in [3.63, 3.8) is 0 Å². The first-order chi connectivity index (χ1) is 9.13. The molecule has 1 aliphatic carbocycles. The zero-order valence-electron chi connectivity index (χ0n) is 11.5. The van der Waals surface area contributed by atoms with Gasteiger partial charge < -0.3 is 10.1 Å². The van der Waals surface area contributed by atoms with Crippen molar-refractivity contribution in [2.75, 3.05) is 13.7 Å². The molecule has 1 fully saturated rings. The summed E-state index contributed by atoms with van der Waals surface area (Å²) < 4.78 is 6.13. The van der Waals surface area contributed by atoms with Gasteiger partial charge >= 0.3 is 0 Å². The summed E-state index contributed by atoms with van der Waals surface area (Å²) in [5.74, 6) is 0. The van der Waals surface area contributed by atoms with Crippen LogP contribution in [0.5, 0.6) is 0 Å². The maximum atomic E-state index is 6.36. The molecule has 19 heavy (non-hydrogen) atoms. The molecule has 1 unspecified atom stereocenters. The van der Waals surface area contributed by atoms with Gasteiger partial charge in [-0.2, -0.15) is 0 Å². The van der Waals surface area contributed by atoms with Crippen LogP contribution in [0.15, 0.2) is 18.2 Å². The number of nitrogens with one attached hydrogen (secondary N) is 1. The molecule has 1 aromatic rings. The summed E-state index contributed by atoms with van der Waals surface area (Å²) >= 11 is 12.5. The highest BCUT2D eigenvalue weighted by atomic mass is 35.5. The molecule has 1 atom stereocenters. The topological polar surface area (TPSA) is 21.3 Å². The Morgan fingerprint density at radius 2 is 2.00 bits per heavy atom. The van der Waals surface area contributed by atoms with Gasteiger partial charge in [0.05, 0.1) is 11.6 Å². The Labute approximate surface area is 125 Å². The zero-order valence-corrected chi connectivity index (χ0v) is 13.0. The van der Waals surface area contributed by atoms with Crippen LogP contribution >= 0.6 is 23.2 Å². The van der Waals surface area contributed by atoms with E-state index in [0.717, 1.165) is 30.0 Å². The Kier molecular flexibility index (Phi) is 5.13. The van der Waals surface area contributed by atoms with E-state index in [-0.39, 0.29) is 11.6 Å². The maximum absolute atomic E-state index is 6.36. The van der Waals surface area contributed by atoms with Crippen molar-refractivity contribution in [2.24, 2.45) is 0 Å². The van der Waals surface area contributed by atoms with Gasteiger partial charge in [-0.05, 0) is 50.6 Å². The lowest BCUT2D eigenvalue weighted by Gasteiger charge is -2.38. The van der Waals surface area contributed by atoms with Crippen LogP contribution in [0.1, 0.15) is 44.2 Å². The molecular weight excluding hydrogens is 281 g/mol. The first kappa shape index (κ1) is 15.1. The van der Waals surface area contributed by atoms with Gasteiger partial charge in [-0.3, -0.25) is 0 Å². The summed E-state index contributed by atoms with van der Waals surface area (Å²) in [7, 11) is 1.96. The fourth-order valence-corrected chi connectivity index (χ4v) is 3.62. The third kappa shape index (κ3) is 3.08. The summed E-state index contributed by atoms with van der Waals surface area (Å²) in [4.78, 5) is 0. The maximum Gasteiger partial charge on any atom is 0.0876 e. The molecule has 1 aromatic carbocycles. The van der Waals surface area contributed by atoms with Gasteiger partial charge in [0.15, 0.2) is 0 Å². The standard InChI is InChI=1S/C15H21Cl2NO/c1-3-19-15(8-4-5-9-15)14(18-2)12-10-11(16)6-7-13(12)17/h6-7,10,14,18H,3-5,8-9H2,1-2H3. The van der Waals surface area contributed by atoms with Crippen LogP contribution < -0.4 is 5.32 Å². The molecule has 0 amide bonds. The van der Waals surface area contributed by atoms with Crippen LogP contribution in [0.4, 0.5) is 0 Å². The van der Waals surface area contributed by atoms with E-state index in [1.807, 2.05) is 32.2 Å². The van der Waals surface area contributed by atoms with Crippen molar-refractivity contribution in [1.82, 2.24) is 5.32 Å². The second-order valence-corrected chi connectivity index (χ2v) is 5.94. The summed E-state index contributed by atoms with van der Waals surface area (Å²) in [5.41, 5.74) is 0.879. The molecule has 1 aliphatic rings. The molecule has 0 radical (unpaired) electrons. The average Bonchev–Trinajstić information content (AvgIpc) is 2.84. The van der Waals surface area contributed by atoms with Crippen LogP contribution in [0.25, 0.3) is 0 Å². The molecule has 0 aromatic heterocycles. The Morgan fingerprint density at radius 3 is 2.58 bits per heavy atom. The Balaban J connectivity index is 2.39. The molecule has 0 saturated heterocycles. The van der Waals surface area contributed by atoms with E-state index in [1.54, 1.807) is 0 Å². The lowest BCUT2D eigenvalue weighted by atomic mass is 9.86. The van der Waals surface area contributed by atoms with Crippen LogP contribution in [0.3, 0.4) is 0 Å². The smallest absolute Gasteiger partial charge is 0.0876 e. The van der Waals surface area contributed by atoms with Gasteiger partial charge in [0, 0.05) is 16.7 Å². The number of hydrogen-bond donors (Lipinski definition) is 1. The van der Waals surface area contributed by atoms with E-state index in [0.29, 0.717) is 5.02 Å². The fourth-order valence-electron chi connectivity index (χ4n) is 3.22. The summed E-state index contributed by atoms with van der Waals surface area (Å²) in [6, 6.07) is 5.71. The highest BCUT2D eigenvalue weighted by Gasteiger charge is 2.43. The number of rotatable bonds is 5. The van der Waals surface area contributed by atoms with E-state index in [4.69, 9.17) is 27.9 Å². The molecule has 0 spiro atoms. The Morgan fingerprint density at radius 1 is 1.32 bits per heavy atom. The lowest BCUT2D eigenvalue weighted by Crippen LogP contribution is -2.43. The first-order valence-corrected chi connectivity index (χ1v) is 7.64. The first-order valence-electron chi connectivity index (χ1n) is 6.89. The van der Waals surface area contributed by atoms with E-state index in [2.05, 4.69) is 5.32 Å². The Hall–Kier alpha value is -0.280. The molecule has 2 nitrogen and oxygen atoms in total. The highest BCUT2D eigenvalue weighted by Crippen LogP contribution is 2.44. The van der Waals surface area contributed by atoms with E-state index in [1.165, 1.54) is 12.8 Å². The summed E-state index contributed by atoms with van der Waals surface area (Å²) in [6.07, 6.45) is 4.54. The van der Waals surface area contributed by atoms with Gasteiger partial charge in [-0.1, -0.05) is 36.0 Å².